The largest absolute Gasteiger partial charge is 0.573 e. The SMILES string of the molecule is N=C(N=NN)NC(=O)c1ccc(CN(C(=O)NC2Cc3ccc(OC(F)(F)F)cc3-c3ccccc32)c2ccc(C3CCCCC3)cc2)cc1. The maximum atomic E-state index is 14.2. The number of guanidine groups is 1. The monoisotopic (exact) mass is 683 g/mol. The van der Waals surface area contributed by atoms with Crippen molar-refractivity contribution in [2.75, 3.05) is 4.90 Å². The first kappa shape index (κ1) is 34.2. The predicted molar refractivity (Wildman–Crippen MR) is 183 cm³/mol. The van der Waals surface area contributed by atoms with Crippen LogP contribution in [0.15, 0.2) is 101 Å². The second kappa shape index (κ2) is 14.8. The molecular formula is C37H36F3N7O3. The lowest BCUT2D eigenvalue weighted by Gasteiger charge is -2.32. The number of amides is 3. The molecule has 1 saturated carbocycles. The first-order valence-corrected chi connectivity index (χ1v) is 16.3. The van der Waals surface area contributed by atoms with Crippen LogP contribution in [0.4, 0.5) is 23.7 Å². The minimum absolute atomic E-state index is 0.177. The van der Waals surface area contributed by atoms with E-state index in [9.17, 15) is 22.8 Å². The molecule has 0 aromatic heterocycles. The van der Waals surface area contributed by atoms with E-state index >= 15 is 0 Å². The highest BCUT2D eigenvalue weighted by molar-refractivity contribution is 6.05. The van der Waals surface area contributed by atoms with E-state index in [2.05, 4.69) is 37.8 Å². The minimum Gasteiger partial charge on any atom is -0.406 e. The number of alkyl halides is 3. The van der Waals surface area contributed by atoms with Crippen molar-refractivity contribution in [1.82, 2.24) is 10.6 Å². The number of fused-ring (bicyclic) bond motifs is 3. The van der Waals surface area contributed by atoms with Crippen molar-refractivity contribution in [2.45, 2.75) is 63.4 Å². The van der Waals surface area contributed by atoms with Crippen LogP contribution < -0.4 is 26.1 Å². The summed E-state index contributed by atoms with van der Waals surface area (Å²) in [4.78, 5) is 28.4. The Labute approximate surface area is 287 Å². The molecule has 1 fully saturated rings. The zero-order valence-corrected chi connectivity index (χ0v) is 27.0. The molecular weight excluding hydrogens is 647 g/mol. The van der Waals surface area contributed by atoms with Crippen molar-refractivity contribution < 1.29 is 27.5 Å². The van der Waals surface area contributed by atoms with Crippen LogP contribution in [0, 0.1) is 5.41 Å². The highest BCUT2D eigenvalue weighted by Crippen LogP contribution is 2.41. The Morgan fingerprint density at radius 3 is 2.34 bits per heavy atom. The van der Waals surface area contributed by atoms with Crippen molar-refractivity contribution in [3.05, 3.63) is 119 Å². The van der Waals surface area contributed by atoms with Gasteiger partial charge in [-0.25, -0.2) is 4.79 Å². The molecule has 0 bridgehead atoms. The van der Waals surface area contributed by atoms with Crippen LogP contribution in [-0.4, -0.2) is 24.3 Å². The summed E-state index contributed by atoms with van der Waals surface area (Å²) in [7, 11) is 0. The summed E-state index contributed by atoms with van der Waals surface area (Å²) in [6, 6.07) is 25.5. The fraction of sp³-hybridized carbons (Fsp3) is 0.270. The molecule has 10 nitrogen and oxygen atoms in total. The first-order valence-electron chi connectivity index (χ1n) is 16.3. The summed E-state index contributed by atoms with van der Waals surface area (Å²) in [6.07, 6.45) is 1.49. The van der Waals surface area contributed by atoms with Gasteiger partial charge in [-0.2, -0.15) is 0 Å². The van der Waals surface area contributed by atoms with Crippen LogP contribution in [0.2, 0.25) is 0 Å². The van der Waals surface area contributed by atoms with E-state index in [1.54, 1.807) is 41.3 Å². The van der Waals surface area contributed by atoms with Crippen LogP contribution in [0.3, 0.4) is 0 Å². The van der Waals surface area contributed by atoms with E-state index in [4.69, 9.17) is 11.3 Å². The number of ether oxygens (including phenoxy) is 1. The molecule has 50 heavy (non-hydrogen) atoms. The highest BCUT2D eigenvalue weighted by atomic mass is 19.4. The van der Waals surface area contributed by atoms with Gasteiger partial charge in [0.15, 0.2) is 0 Å². The fourth-order valence-corrected chi connectivity index (χ4v) is 6.76. The van der Waals surface area contributed by atoms with Gasteiger partial charge in [0.25, 0.3) is 5.91 Å². The van der Waals surface area contributed by atoms with Crippen molar-refractivity contribution in [3.63, 3.8) is 0 Å². The van der Waals surface area contributed by atoms with Crippen LogP contribution in [0.25, 0.3) is 11.1 Å². The average Bonchev–Trinajstić information content (AvgIpc) is 3.11. The quantitative estimate of drug-likeness (QED) is 0.0510. The Kier molecular flexibility index (Phi) is 10.1. The van der Waals surface area contributed by atoms with Gasteiger partial charge in [0.2, 0.25) is 5.96 Å². The van der Waals surface area contributed by atoms with Gasteiger partial charge >= 0.3 is 12.4 Å². The van der Waals surface area contributed by atoms with Crippen molar-refractivity contribution in [1.29, 1.82) is 5.41 Å². The van der Waals surface area contributed by atoms with Crippen molar-refractivity contribution in [3.8, 4) is 16.9 Å². The molecule has 6 rings (SSSR count). The van der Waals surface area contributed by atoms with E-state index in [1.807, 2.05) is 30.3 Å². The lowest BCUT2D eigenvalue weighted by Crippen LogP contribution is -2.42. The number of benzene rings is 4. The average molecular weight is 684 g/mol. The second-order valence-corrected chi connectivity index (χ2v) is 12.4. The molecule has 3 amide bonds. The molecule has 258 valence electrons. The van der Waals surface area contributed by atoms with Crippen molar-refractivity contribution >= 4 is 23.6 Å². The normalized spacial score (nSPS) is 15.9. The van der Waals surface area contributed by atoms with E-state index in [0.29, 0.717) is 29.2 Å². The Morgan fingerprint density at radius 1 is 0.920 bits per heavy atom. The summed E-state index contributed by atoms with van der Waals surface area (Å²) in [6.45, 7) is 0.177. The Bertz CT molecular complexity index is 1890. The second-order valence-electron chi connectivity index (χ2n) is 12.4. The predicted octanol–water partition coefficient (Wildman–Crippen LogP) is 8.30. The third kappa shape index (κ3) is 8.11. The van der Waals surface area contributed by atoms with E-state index in [-0.39, 0.29) is 23.9 Å². The van der Waals surface area contributed by atoms with Crippen LogP contribution in [0.5, 0.6) is 5.75 Å². The van der Waals surface area contributed by atoms with E-state index in [1.165, 1.54) is 37.0 Å². The number of halogens is 3. The lowest BCUT2D eigenvalue weighted by molar-refractivity contribution is -0.274. The van der Waals surface area contributed by atoms with E-state index < -0.39 is 24.3 Å². The number of anilines is 1. The van der Waals surface area contributed by atoms with Gasteiger partial charge in [-0.05, 0) is 95.0 Å². The van der Waals surface area contributed by atoms with Crippen LogP contribution >= 0.6 is 0 Å². The molecule has 0 heterocycles. The number of hydrogen-bond acceptors (Lipinski definition) is 5. The Balaban J connectivity index is 1.26. The molecule has 2 aliphatic rings. The molecule has 0 radical (unpaired) electrons. The van der Waals surface area contributed by atoms with Gasteiger partial charge in [0, 0.05) is 11.3 Å². The molecule has 5 N–H and O–H groups in total. The number of carbonyl (C=O) groups excluding carboxylic acids is 2. The molecule has 1 atom stereocenters. The topological polar surface area (TPSA) is 145 Å². The summed E-state index contributed by atoms with van der Waals surface area (Å²) < 4.78 is 43.1. The molecule has 2 aliphatic carbocycles. The number of hydrogen-bond donors (Lipinski definition) is 4. The van der Waals surface area contributed by atoms with Gasteiger partial charge in [-0.3, -0.25) is 20.4 Å². The highest BCUT2D eigenvalue weighted by Gasteiger charge is 2.33. The Hall–Kier alpha value is -5.72. The fourth-order valence-electron chi connectivity index (χ4n) is 6.76. The number of carbonyl (C=O) groups is 2. The minimum atomic E-state index is -4.81. The van der Waals surface area contributed by atoms with Gasteiger partial charge in [-0.15, -0.1) is 13.2 Å². The molecule has 0 aliphatic heterocycles. The summed E-state index contributed by atoms with van der Waals surface area (Å²) in [5.74, 6) is 4.08. The standard InChI is InChI=1S/C37H36F3N7O3/c38-37(39,40)50-29-19-16-27-20-33(31-9-5-4-8-30(31)32(27)21-29)43-36(49)47(28-17-14-25(15-18-28)24-6-2-1-3-7-24)22-23-10-12-26(13-11-23)34(48)44-35(41)45-46-42/h4-5,8-19,21,24,33H,1-3,6-7,20,22H2,(H,43,49)(H4,41,42,44,45,48). The van der Waals surface area contributed by atoms with E-state index in [0.717, 1.165) is 29.5 Å². The maximum Gasteiger partial charge on any atom is 0.573 e. The smallest absolute Gasteiger partial charge is 0.406 e. The Morgan fingerprint density at radius 2 is 1.64 bits per heavy atom. The summed E-state index contributed by atoms with van der Waals surface area (Å²) in [5.41, 5.74) is 5.84. The number of nitrogens with two attached hydrogens (primary N) is 1. The molecule has 13 heteroatoms. The van der Waals surface area contributed by atoms with Gasteiger partial charge in [-0.1, -0.05) is 84.2 Å². The van der Waals surface area contributed by atoms with Crippen molar-refractivity contribution in [2.24, 2.45) is 16.2 Å². The number of nitrogens with one attached hydrogen (secondary N) is 3. The zero-order chi connectivity index (χ0) is 35.3. The van der Waals surface area contributed by atoms with Gasteiger partial charge in [0.05, 0.1) is 12.6 Å². The first-order chi connectivity index (χ1) is 24.1. The molecule has 0 spiro atoms. The van der Waals surface area contributed by atoms with Crippen LogP contribution in [-0.2, 0) is 13.0 Å². The number of urea groups is 1. The number of rotatable bonds is 7. The summed E-state index contributed by atoms with van der Waals surface area (Å²) >= 11 is 0. The maximum absolute atomic E-state index is 14.2. The molecule has 1 unspecified atom stereocenters. The number of nitrogens with zero attached hydrogens (tertiary/aromatic N) is 3. The lowest BCUT2D eigenvalue weighted by atomic mass is 9.82. The third-order valence-corrected chi connectivity index (χ3v) is 9.14. The van der Waals surface area contributed by atoms with Gasteiger partial charge < -0.3 is 15.9 Å². The molecule has 4 aromatic rings. The van der Waals surface area contributed by atoms with Crippen LogP contribution in [0.1, 0.15) is 76.7 Å². The molecule has 0 saturated heterocycles. The molecule has 4 aromatic carbocycles. The third-order valence-electron chi connectivity index (χ3n) is 9.14. The zero-order valence-electron chi connectivity index (χ0n) is 27.0. The summed E-state index contributed by atoms with van der Waals surface area (Å²) in [5, 5.41) is 19.3. The van der Waals surface area contributed by atoms with Gasteiger partial charge in [0.1, 0.15) is 5.75 Å².